The van der Waals surface area contributed by atoms with Gasteiger partial charge in [-0.1, -0.05) is 17.7 Å². The highest BCUT2D eigenvalue weighted by Crippen LogP contribution is 2.38. The maximum absolute atomic E-state index is 13.6. The van der Waals surface area contributed by atoms with E-state index in [4.69, 9.17) is 22.3 Å². The molecule has 0 unspecified atom stereocenters. The van der Waals surface area contributed by atoms with Gasteiger partial charge in [-0.25, -0.2) is 15.0 Å². The van der Waals surface area contributed by atoms with Crippen LogP contribution in [0.1, 0.15) is 17.4 Å². The van der Waals surface area contributed by atoms with E-state index in [0.717, 1.165) is 5.00 Å². The van der Waals surface area contributed by atoms with Gasteiger partial charge in [-0.3, -0.25) is 9.36 Å². The van der Waals surface area contributed by atoms with E-state index in [1.54, 1.807) is 34.5 Å². The van der Waals surface area contributed by atoms with Crippen LogP contribution in [0.5, 0.6) is 0 Å². The molecule has 0 saturated carbocycles. The van der Waals surface area contributed by atoms with Gasteiger partial charge >= 0.3 is 0 Å². The van der Waals surface area contributed by atoms with Gasteiger partial charge in [0.2, 0.25) is 0 Å². The molecule has 31 heavy (non-hydrogen) atoms. The number of fused-ring (bicyclic) bond motifs is 1. The third-order valence-electron chi connectivity index (χ3n) is 5.02. The zero-order chi connectivity index (χ0) is 21.5. The number of thiophene rings is 1. The average Bonchev–Trinajstić information content (AvgIpc) is 3.45. The number of benzene rings is 1. The zero-order valence-corrected chi connectivity index (χ0v) is 18.3. The summed E-state index contributed by atoms with van der Waals surface area (Å²) in [5.41, 5.74) is 6.43. The first kappa shape index (κ1) is 19.8. The van der Waals surface area contributed by atoms with Gasteiger partial charge in [0.1, 0.15) is 34.6 Å². The first-order valence-electron chi connectivity index (χ1n) is 9.20. The highest BCUT2D eigenvalue weighted by molar-refractivity contribution is 7.99. The predicted octanol–water partition coefficient (Wildman–Crippen LogP) is 3.60. The molecule has 2 N–H and O–H groups in total. The number of hydrogen-bond acceptors (Lipinski definition) is 9. The molecule has 1 aliphatic heterocycles. The molecule has 0 aliphatic carbocycles. The maximum Gasteiger partial charge on any atom is 0.268 e. The quantitative estimate of drug-likeness (QED) is 0.486. The number of anilines is 2. The predicted molar refractivity (Wildman–Crippen MR) is 124 cm³/mol. The molecule has 0 spiro atoms. The highest BCUT2D eigenvalue weighted by atomic mass is 35.5. The van der Waals surface area contributed by atoms with Crippen LogP contribution >= 0.6 is 34.7 Å². The Kier molecular flexibility index (Phi) is 5.02. The highest BCUT2D eigenvalue weighted by Gasteiger charge is 2.34. The van der Waals surface area contributed by atoms with Crippen molar-refractivity contribution < 1.29 is 0 Å². The summed E-state index contributed by atoms with van der Waals surface area (Å²) in [6, 6.07) is 10.8. The minimum atomic E-state index is -0.301. The smallest absolute Gasteiger partial charge is 0.268 e. The van der Waals surface area contributed by atoms with Crippen molar-refractivity contribution in [2.45, 2.75) is 6.04 Å². The van der Waals surface area contributed by atoms with Crippen molar-refractivity contribution in [1.29, 1.82) is 5.26 Å². The van der Waals surface area contributed by atoms with Crippen LogP contribution in [0.15, 0.2) is 46.8 Å². The fraction of sp³-hybridized carbons (Fsp3) is 0.150. The molecule has 5 rings (SSSR count). The summed E-state index contributed by atoms with van der Waals surface area (Å²) in [5.74, 6) is 2.36. The van der Waals surface area contributed by atoms with Crippen molar-refractivity contribution in [3.8, 4) is 11.1 Å². The summed E-state index contributed by atoms with van der Waals surface area (Å²) >= 11 is 9.46. The van der Waals surface area contributed by atoms with Gasteiger partial charge in [0.15, 0.2) is 5.82 Å². The van der Waals surface area contributed by atoms with Crippen molar-refractivity contribution in [2.75, 3.05) is 22.3 Å². The van der Waals surface area contributed by atoms with Gasteiger partial charge < -0.3 is 10.6 Å². The molecule has 3 aromatic heterocycles. The van der Waals surface area contributed by atoms with Gasteiger partial charge in [0.05, 0.1) is 27.8 Å². The molecule has 1 atom stereocenters. The molecule has 0 bridgehead atoms. The van der Waals surface area contributed by atoms with Crippen LogP contribution in [0.2, 0.25) is 5.02 Å². The number of nitriles is 1. The molecular weight excluding hydrogens is 454 g/mol. The summed E-state index contributed by atoms with van der Waals surface area (Å²) < 4.78 is 1.61. The SMILES string of the molecule is N#Cc1c(N)ncnc1N1CSC[C@H]1c1nc2cccc(Cl)c2c(=O)n1-c1cccs1. The number of rotatable bonds is 3. The fourth-order valence-corrected chi connectivity index (χ4v) is 5.76. The van der Waals surface area contributed by atoms with Crippen LogP contribution in [0, 0.1) is 11.3 Å². The third-order valence-corrected chi connectivity index (χ3v) is 7.20. The van der Waals surface area contributed by atoms with E-state index in [2.05, 4.69) is 16.0 Å². The average molecular weight is 468 g/mol. The van der Waals surface area contributed by atoms with E-state index in [0.29, 0.717) is 39.2 Å². The van der Waals surface area contributed by atoms with Crippen LogP contribution in [0.3, 0.4) is 0 Å². The molecule has 4 heterocycles. The number of hydrogen-bond donors (Lipinski definition) is 1. The normalized spacial score (nSPS) is 16.0. The molecule has 1 saturated heterocycles. The molecule has 0 amide bonds. The minimum absolute atomic E-state index is 0.122. The number of nitrogens with two attached hydrogens (primary N) is 1. The Bertz CT molecular complexity index is 1400. The Morgan fingerprint density at radius 3 is 2.90 bits per heavy atom. The Morgan fingerprint density at radius 1 is 1.26 bits per heavy atom. The summed E-state index contributed by atoms with van der Waals surface area (Å²) in [7, 11) is 0. The standard InChI is InChI=1S/C20H14ClN7OS2/c21-12-3-1-4-13-16(12)20(29)28(15-5-2-6-31-15)19(26-13)14-8-30-10-27(14)18-11(7-22)17(23)24-9-25-18/h1-6,9,14H,8,10H2,(H2,23,24,25)/t14-/m0/s1. The molecule has 4 aromatic rings. The lowest BCUT2D eigenvalue weighted by Gasteiger charge is -2.27. The van der Waals surface area contributed by atoms with Crippen molar-refractivity contribution >= 4 is 57.2 Å². The summed E-state index contributed by atoms with van der Waals surface area (Å²) in [6.45, 7) is 0. The van der Waals surface area contributed by atoms with Crippen molar-refractivity contribution in [3.63, 3.8) is 0 Å². The van der Waals surface area contributed by atoms with E-state index in [9.17, 15) is 10.1 Å². The van der Waals surface area contributed by atoms with E-state index < -0.39 is 0 Å². The zero-order valence-electron chi connectivity index (χ0n) is 15.9. The van der Waals surface area contributed by atoms with E-state index in [1.165, 1.54) is 17.7 Å². The third kappa shape index (κ3) is 3.22. The molecule has 154 valence electrons. The number of thioether (sulfide) groups is 1. The van der Waals surface area contributed by atoms with E-state index in [-0.39, 0.29) is 23.0 Å². The Labute approximate surface area is 189 Å². The van der Waals surface area contributed by atoms with Crippen LogP contribution in [0.4, 0.5) is 11.6 Å². The second-order valence-electron chi connectivity index (χ2n) is 6.75. The lowest BCUT2D eigenvalue weighted by molar-refractivity contribution is 0.669. The number of nitrogens with zero attached hydrogens (tertiary/aromatic N) is 6. The molecule has 11 heteroatoms. The molecular formula is C20H14ClN7OS2. The van der Waals surface area contributed by atoms with Gasteiger partial charge in [-0.05, 0) is 29.6 Å². The lowest BCUT2D eigenvalue weighted by Crippen LogP contribution is -2.33. The van der Waals surface area contributed by atoms with Crippen LogP contribution in [0.25, 0.3) is 15.9 Å². The lowest BCUT2D eigenvalue weighted by atomic mass is 10.2. The molecule has 1 fully saturated rings. The van der Waals surface area contributed by atoms with E-state index >= 15 is 0 Å². The molecule has 1 aliphatic rings. The number of aromatic nitrogens is 4. The van der Waals surface area contributed by atoms with Crippen LogP contribution in [-0.4, -0.2) is 31.1 Å². The van der Waals surface area contributed by atoms with Crippen LogP contribution < -0.4 is 16.2 Å². The minimum Gasteiger partial charge on any atom is -0.382 e. The molecule has 0 radical (unpaired) electrons. The summed E-state index contributed by atoms with van der Waals surface area (Å²) in [5, 5.41) is 13.0. The second-order valence-corrected chi connectivity index (χ2v) is 9.08. The second kappa shape index (κ2) is 7.85. The number of halogens is 1. The molecule has 8 nitrogen and oxygen atoms in total. The van der Waals surface area contributed by atoms with Crippen LogP contribution in [-0.2, 0) is 0 Å². The van der Waals surface area contributed by atoms with Crippen molar-refractivity contribution in [3.05, 3.63) is 68.8 Å². The van der Waals surface area contributed by atoms with Crippen molar-refractivity contribution in [2.24, 2.45) is 0 Å². The Morgan fingerprint density at radius 2 is 2.13 bits per heavy atom. The first-order valence-corrected chi connectivity index (χ1v) is 11.6. The summed E-state index contributed by atoms with van der Waals surface area (Å²) in [4.78, 5) is 28.6. The van der Waals surface area contributed by atoms with Gasteiger partial charge in [0, 0.05) is 5.75 Å². The first-order chi connectivity index (χ1) is 15.1. The number of nitrogen functional groups attached to an aromatic ring is 1. The molecule has 1 aromatic carbocycles. The van der Waals surface area contributed by atoms with E-state index in [1.807, 2.05) is 22.4 Å². The summed E-state index contributed by atoms with van der Waals surface area (Å²) in [6.07, 6.45) is 1.34. The fourth-order valence-electron chi connectivity index (χ4n) is 3.62. The topological polar surface area (TPSA) is 114 Å². The van der Waals surface area contributed by atoms with Gasteiger partial charge in [-0.2, -0.15) is 5.26 Å². The Balaban J connectivity index is 1.77. The van der Waals surface area contributed by atoms with Gasteiger partial charge in [-0.15, -0.1) is 23.1 Å². The largest absolute Gasteiger partial charge is 0.382 e. The monoisotopic (exact) mass is 467 g/mol. The Hall–Kier alpha value is -3.13. The van der Waals surface area contributed by atoms with Crippen molar-refractivity contribution in [1.82, 2.24) is 19.5 Å². The van der Waals surface area contributed by atoms with Gasteiger partial charge in [0.25, 0.3) is 5.56 Å². The maximum atomic E-state index is 13.6.